The molecule has 5 heteroatoms. The Morgan fingerprint density at radius 1 is 1.29 bits per heavy atom. The monoisotopic (exact) mass is 325 g/mol. The fraction of sp³-hybridized carbons (Fsp3) is 1.00. The molecule has 0 bridgehead atoms. The fourth-order valence-corrected chi connectivity index (χ4v) is 4.53. The summed E-state index contributed by atoms with van der Waals surface area (Å²) in [6, 6.07) is 0. The molecule has 17 heavy (non-hydrogen) atoms. The van der Waals surface area contributed by atoms with E-state index in [1.54, 1.807) is 0 Å². The van der Waals surface area contributed by atoms with E-state index < -0.39 is 10.0 Å². The third kappa shape index (κ3) is 5.71. The van der Waals surface area contributed by atoms with Crippen molar-refractivity contribution in [2.45, 2.75) is 39.5 Å². The van der Waals surface area contributed by atoms with Crippen LogP contribution in [0.25, 0.3) is 0 Å². The van der Waals surface area contributed by atoms with Gasteiger partial charge < -0.3 is 0 Å². The highest BCUT2D eigenvalue weighted by atomic mass is 79.9. The Balaban J connectivity index is 2.33. The lowest BCUT2D eigenvalue weighted by Crippen LogP contribution is -2.33. The average molecular weight is 326 g/mol. The highest BCUT2D eigenvalue weighted by molar-refractivity contribution is 9.09. The van der Waals surface area contributed by atoms with Gasteiger partial charge in [-0.3, -0.25) is 0 Å². The van der Waals surface area contributed by atoms with Gasteiger partial charge in [-0.2, -0.15) is 0 Å². The normalized spacial score (nSPS) is 25.6. The molecule has 1 N–H and O–H groups in total. The maximum atomic E-state index is 11.8. The highest BCUT2D eigenvalue weighted by Gasteiger charge is 2.27. The Morgan fingerprint density at radius 3 is 2.53 bits per heavy atom. The molecule has 1 aliphatic carbocycles. The second kappa shape index (κ2) is 7.10. The molecule has 0 heterocycles. The minimum atomic E-state index is -3.06. The van der Waals surface area contributed by atoms with Crippen LogP contribution < -0.4 is 4.72 Å². The van der Waals surface area contributed by atoms with E-state index in [0.717, 1.165) is 18.2 Å². The number of rotatable bonds is 7. The topological polar surface area (TPSA) is 46.2 Å². The molecule has 0 aromatic carbocycles. The zero-order chi connectivity index (χ0) is 12.9. The SMILES string of the molecule is CC(C)CCS(=O)(=O)NCC1CCCC1CBr. The number of alkyl halides is 1. The largest absolute Gasteiger partial charge is 0.215 e. The summed E-state index contributed by atoms with van der Waals surface area (Å²) in [5.41, 5.74) is 0. The molecular weight excluding hydrogens is 302 g/mol. The second-order valence-electron chi connectivity index (χ2n) is 5.46. The van der Waals surface area contributed by atoms with Gasteiger partial charge in [0.2, 0.25) is 10.0 Å². The van der Waals surface area contributed by atoms with E-state index in [1.165, 1.54) is 12.8 Å². The predicted octanol–water partition coefficient (Wildman–Crippen LogP) is 2.76. The van der Waals surface area contributed by atoms with Crippen molar-refractivity contribution in [1.29, 1.82) is 0 Å². The highest BCUT2D eigenvalue weighted by Crippen LogP contribution is 2.32. The van der Waals surface area contributed by atoms with Crippen molar-refractivity contribution in [3.05, 3.63) is 0 Å². The van der Waals surface area contributed by atoms with E-state index in [-0.39, 0.29) is 5.75 Å². The van der Waals surface area contributed by atoms with Crippen LogP contribution in [0.15, 0.2) is 0 Å². The zero-order valence-corrected chi connectivity index (χ0v) is 13.2. The molecule has 1 rings (SSSR count). The van der Waals surface area contributed by atoms with Gasteiger partial charge in [0.05, 0.1) is 5.75 Å². The molecule has 1 saturated carbocycles. The van der Waals surface area contributed by atoms with E-state index in [2.05, 4.69) is 20.7 Å². The zero-order valence-electron chi connectivity index (χ0n) is 10.8. The molecular formula is C12H24BrNO2S. The molecule has 0 aromatic rings. The number of halogens is 1. The molecule has 3 nitrogen and oxygen atoms in total. The fourth-order valence-electron chi connectivity index (χ4n) is 2.28. The first-order valence-electron chi connectivity index (χ1n) is 6.48. The summed E-state index contributed by atoms with van der Waals surface area (Å²) in [5, 5.41) is 0.991. The summed E-state index contributed by atoms with van der Waals surface area (Å²) in [4.78, 5) is 0. The van der Waals surface area contributed by atoms with Crippen molar-refractivity contribution in [2.24, 2.45) is 17.8 Å². The van der Waals surface area contributed by atoms with Crippen molar-refractivity contribution in [3.8, 4) is 0 Å². The smallest absolute Gasteiger partial charge is 0.211 e. The molecule has 0 aromatic heterocycles. The lowest BCUT2D eigenvalue weighted by molar-refractivity contribution is 0.421. The van der Waals surface area contributed by atoms with Gasteiger partial charge >= 0.3 is 0 Å². The molecule has 1 aliphatic rings. The standard InChI is InChI=1S/C12H24BrNO2S/c1-10(2)6-7-17(15,16)14-9-12-5-3-4-11(12)8-13/h10-12,14H,3-9H2,1-2H3. The minimum Gasteiger partial charge on any atom is -0.215 e. The van der Waals surface area contributed by atoms with Gasteiger partial charge in [-0.1, -0.05) is 36.2 Å². The number of nitrogens with one attached hydrogen (secondary N) is 1. The molecule has 0 saturated heterocycles. The van der Waals surface area contributed by atoms with E-state index in [4.69, 9.17) is 0 Å². The van der Waals surface area contributed by atoms with Gasteiger partial charge in [0.1, 0.15) is 0 Å². The van der Waals surface area contributed by atoms with Crippen LogP contribution in [0.4, 0.5) is 0 Å². The van der Waals surface area contributed by atoms with Crippen molar-refractivity contribution < 1.29 is 8.42 Å². The lowest BCUT2D eigenvalue weighted by Gasteiger charge is -2.18. The number of hydrogen-bond acceptors (Lipinski definition) is 2. The summed E-state index contributed by atoms with van der Waals surface area (Å²) in [6.07, 6.45) is 4.35. The summed E-state index contributed by atoms with van der Waals surface area (Å²) >= 11 is 3.51. The Morgan fingerprint density at radius 2 is 1.94 bits per heavy atom. The Hall–Kier alpha value is 0.390. The van der Waals surface area contributed by atoms with Crippen molar-refractivity contribution >= 4 is 26.0 Å². The van der Waals surface area contributed by atoms with Gasteiger partial charge in [-0.25, -0.2) is 13.1 Å². The van der Waals surface area contributed by atoms with Crippen LogP contribution in [0, 0.1) is 17.8 Å². The molecule has 0 amide bonds. The molecule has 1 fully saturated rings. The maximum Gasteiger partial charge on any atom is 0.211 e. The van der Waals surface area contributed by atoms with Crippen LogP contribution in [-0.4, -0.2) is 26.0 Å². The first-order chi connectivity index (χ1) is 7.94. The van der Waals surface area contributed by atoms with Crippen LogP contribution in [0.5, 0.6) is 0 Å². The molecule has 2 atom stereocenters. The van der Waals surface area contributed by atoms with Gasteiger partial charge in [0.15, 0.2) is 0 Å². The third-order valence-corrected chi connectivity index (χ3v) is 5.76. The van der Waals surface area contributed by atoms with Crippen LogP contribution in [0.2, 0.25) is 0 Å². The number of hydrogen-bond donors (Lipinski definition) is 1. The van der Waals surface area contributed by atoms with Crippen LogP contribution in [0.1, 0.15) is 39.5 Å². The van der Waals surface area contributed by atoms with Crippen LogP contribution in [-0.2, 0) is 10.0 Å². The van der Waals surface area contributed by atoms with Crippen molar-refractivity contribution in [3.63, 3.8) is 0 Å². The third-order valence-electron chi connectivity index (χ3n) is 3.54. The first-order valence-corrected chi connectivity index (χ1v) is 9.25. The van der Waals surface area contributed by atoms with Crippen LogP contribution in [0.3, 0.4) is 0 Å². The van der Waals surface area contributed by atoms with Crippen molar-refractivity contribution in [1.82, 2.24) is 4.72 Å². The average Bonchev–Trinajstić information content (AvgIpc) is 2.71. The summed E-state index contributed by atoms with van der Waals surface area (Å²) < 4.78 is 26.3. The summed E-state index contributed by atoms with van der Waals surface area (Å²) in [6.45, 7) is 4.72. The quantitative estimate of drug-likeness (QED) is 0.731. The molecule has 0 radical (unpaired) electrons. The van der Waals surface area contributed by atoms with E-state index >= 15 is 0 Å². The predicted molar refractivity (Wildman–Crippen MR) is 75.9 cm³/mol. The molecule has 0 aliphatic heterocycles. The Labute approximate surface area is 114 Å². The van der Waals surface area contributed by atoms with E-state index in [1.807, 2.05) is 13.8 Å². The minimum absolute atomic E-state index is 0.260. The van der Waals surface area contributed by atoms with Gasteiger partial charge in [0.25, 0.3) is 0 Å². The van der Waals surface area contributed by atoms with Gasteiger partial charge in [0, 0.05) is 11.9 Å². The summed E-state index contributed by atoms with van der Waals surface area (Å²) in [5.74, 6) is 1.86. The maximum absolute atomic E-state index is 11.8. The Bertz CT molecular complexity index is 316. The van der Waals surface area contributed by atoms with E-state index in [9.17, 15) is 8.42 Å². The molecule has 2 unspecified atom stereocenters. The summed E-state index contributed by atoms with van der Waals surface area (Å²) in [7, 11) is -3.06. The van der Waals surface area contributed by atoms with E-state index in [0.29, 0.717) is 24.3 Å². The van der Waals surface area contributed by atoms with Crippen LogP contribution >= 0.6 is 15.9 Å². The Kier molecular flexibility index (Phi) is 6.45. The lowest BCUT2D eigenvalue weighted by atomic mass is 9.99. The molecule has 102 valence electrons. The van der Waals surface area contributed by atoms with Crippen molar-refractivity contribution in [2.75, 3.05) is 17.6 Å². The number of sulfonamides is 1. The first kappa shape index (κ1) is 15.4. The van der Waals surface area contributed by atoms with Gasteiger partial charge in [-0.15, -0.1) is 0 Å². The van der Waals surface area contributed by atoms with Gasteiger partial charge in [-0.05, 0) is 37.0 Å². The molecule has 0 spiro atoms. The second-order valence-corrected chi connectivity index (χ2v) is 8.03.